The zero-order valence-electron chi connectivity index (χ0n) is 18.3. The van der Waals surface area contributed by atoms with Gasteiger partial charge >= 0.3 is 0 Å². The smallest absolute Gasteiger partial charge is 0.238 e. The van der Waals surface area contributed by atoms with Gasteiger partial charge in [0.15, 0.2) is 5.78 Å². The Balaban J connectivity index is 1.69. The fraction of sp³-hybridized carbons (Fsp3) is 0.292. The number of fused-ring (bicyclic) bond motifs is 1. The second kappa shape index (κ2) is 9.45. The van der Waals surface area contributed by atoms with Gasteiger partial charge in [-0.3, -0.25) is 14.5 Å². The van der Waals surface area contributed by atoms with Gasteiger partial charge in [0.2, 0.25) is 5.91 Å². The lowest BCUT2D eigenvalue weighted by Crippen LogP contribution is -2.36. The molecule has 0 unspecified atom stereocenters. The minimum absolute atomic E-state index is 0.0345. The van der Waals surface area contributed by atoms with Gasteiger partial charge in [-0.25, -0.2) is 0 Å². The van der Waals surface area contributed by atoms with E-state index in [0.29, 0.717) is 5.82 Å². The minimum Gasteiger partial charge on any atom is -0.328 e. The average molecular weight is 418 g/mol. The van der Waals surface area contributed by atoms with E-state index in [2.05, 4.69) is 11.4 Å². The summed E-state index contributed by atoms with van der Waals surface area (Å²) in [5.41, 5.74) is 3.77. The standard InChI is InChI=1S/C24H27N5O2/c1-5-17-10-6-7-11-19(17)26-23(31)16-27(2)15-22(30)18(14-25)24-28(3)20-12-8-9-13-21(20)29(24)4/h6-13H,5,15-16H2,1-4H3,(H,26,31). The highest BCUT2D eigenvalue weighted by Crippen LogP contribution is 2.40. The minimum atomic E-state index is -0.326. The number of hydrogen-bond acceptors (Lipinski definition) is 6. The third kappa shape index (κ3) is 4.60. The van der Waals surface area contributed by atoms with Gasteiger partial charge in [-0.15, -0.1) is 0 Å². The van der Waals surface area contributed by atoms with Crippen molar-refractivity contribution in [3.63, 3.8) is 0 Å². The number of aryl methyl sites for hydroxylation is 1. The average Bonchev–Trinajstić information content (AvgIpc) is 3.00. The molecule has 0 fully saturated rings. The molecule has 0 saturated heterocycles. The number of Topliss-reactive ketones (excluding diaryl/α,β-unsaturated/α-hetero) is 1. The summed E-state index contributed by atoms with van der Waals surface area (Å²) in [5, 5.41) is 12.6. The summed E-state index contributed by atoms with van der Waals surface area (Å²) in [6.07, 6.45) is 0.813. The molecule has 7 heteroatoms. The zero-order chi connectivity index (χ0) is 22.5. The van der Waals surface area contributed by atoms with Crippen LogP contribution in [0.2, 0.25) is 0 Å². The summed E-state index contributed by atoms with van der Waals surface area (Å²) in [4.78, 5) is 30.7. The quantitative estimate of drug-likeness (QED) is 0.551. The van der Waals surface area contributed by atoms with Crippen LogP contribution in [-0.2, 0) is 16.0 Å². The molecule has 31 heavy (non-hydrogen) atoms. The first kappa shape index (κ1) is 22.1. The number of hydrogen-bond donors (Lipinski definition) is 1. The fourth-order valence-electron chi connectivity index (χ4n) is 3.82. The van der Waals surface area contributed by atoms with E-state index < -0.39 is 0 Å². The first-order chi connectivity index (χ1) is 14.9. The molecule has 3 rings (SSSR count). The highest BCUT2D eigenvalue weighted by atomic mass is 16.2. The Kier molecular flexibility index (Phi) is 6.73. The molecule has 1 aliphatic heterocycles. The summed E-state index contributed by atoms with van der Waals surface area (Å²) in [6, 6.07) is 17.5. The highest BCUT2D eigenvalue weighted by Gasteiger charge is 2.31. The summed E-state index contributed by atoms with van der Waals surface area (Å²) in [5.74, 6) is 0.0153. The van der Waals surface area contributed by atoms with Crippen molar-refractivity contribution < 1.29 is 9.59 Å². The fourth-order valence-corrected chi connectivity index (χ4v) is 3.82. The molecule has 0 spiro atoms. The second-order valence-corrected chi connectivity index (χ2v) is 7.57. The number of ketones is 1. The highest BCUT2D eigenvalue weighted by molar-refractivity contribution is 6.04. The number of nitrogens with one attached hydrogen (secondary N) is 1. The maximum absolute atomic E-state index is 12.9. The number of carbonyl (C=O) groups excluding carboxylic acids is 2. The Hall–Kier alpha value is -3.63. The van der Waals surface area contributed by atoms with Gasteiger partial charge in [-0.1, -0.05) is 37.3 Å². The summed E-state index contributed by atoms with van der Waals surface area (Å²) in [6.45, 7) is 2.04. The molecule has 1 aliphatic rings. The van der Waals surface area contributed by atoms with Crippen molar-refractivity contribution >= 4 is 28.8 Å². The van der Waals surface area contributed by atoms with Gasteiger partial charge in [0, 0.05) is 19.8 Å². The van der Waals surface area contributed by atoms with Gasteiger partial charge < -0.3 is 15.1 Å². The summed E-state index contributed by atoms with van der Waals surface area (Å²) < 4.78 is 0. The Morgan fingerprint density at radius 1 is 1.00 bits per heavy atom. The molecular formula is C24H27N5O2. The van der Waals surface area contributed by atoms with E-state index in [-0.39, 0.29) is 30.4 Å². The SMILES string of the molecule is CCc1ccccc1NC(=O)CN(C)CC(=O)C(C#N)=C1N(C)c2ccccc2N1C. The van der Waals surface area contributed by atoms with Gasteiger partial charge in [-0.2, -0.15) is 5.26 Å². The van der Waals surface area contributed by atoms with Crippen LogP contribution in [0.1, 0.15) is 12.5 Å². The number of rotatable bonds is 7. The first-order valence-electron chi connectivity index (χ1n) is 10.2. The van der Waals surface area contributed by atoms with Crippen LogP contribution >= 0.6 is 0 Å². The van der Waals surface area contributed by atoms with Crippen molar-refractivity contribution in [1.82, 2.24) is 4.90 Å². The predicted octanol–water partition coefficient (Wildman–Crippen LogP) is 3.01. The van der Waals surface area contributed by atoms with Gasteiger partial charge in [0.25, 0.3) is 0 Å². The van der Waals surface area contributed by atoms with E-state index in [9.17, 15) is 14.9 Å². The van der Waals surface area contributed by atoms with Gasteiger partial charge in [-0.05, 0) is 37.2 Å². The van der Waals surface area contributed by atoms with Crippen molar-refractivity contribution in [2.75, 3.05) is 49.3 Å². The van der Waals surface area contributed by atoms with Crippen LogP contribution in [0.15, 0.2) is 59.9 Å². The van der Waals surface area contributed by atoms with Crippen molar-refractivity contribution in [2.24, 2.45) is 0 Å². The van der Waals surface area contributed by atoms with E-state index >= 15 is 0 Å². The third-order valence-corrected chi connectivity index (χ3v) is 5.35. The van der Waals surface area contributed by atoms with Crippen LogP contribution in [0.5, 0.6) is 0 Å². The molecule has 160 valence electrons. The van der Waals surface area contributed by atoms with E-state index in [1.54, 1.807) is 11.9 Å². The largest absolute Gasteiger partial charge is 0.328 e. The van der Waals surface area contributed by atoms with E-state index in [1.807, 2.05) is 79.3 Å². The lowest BCUT2D eigenvalue weighted by Gasteiger charge is -2.21. The Labute approximate surface area is 183 Å². The maximum atomic E-state index is 12.9. The number of amides is 1. The van der Waals surface area contributed by atoms with Crippen LogP contribution < -0.4 is 15.1 Å². The van der Waals surface area contributed by atoms with Crippen molar-refractivity contribution in [3.8, 4) is 6.07 Å². The topological polar surface area (TPSA) is 79.7 Å². The molecule has 1 amide bonds. The number of benzene rings is 2. The lowest BCUT2D eigenvalue weighted by atomic mass is 10.1. The number of likely N-dealkylation sites (N-methyl/N-ethyl adjacent to an activating group) is 1. The molecular weight excluding hydrogens is 390 g/mol. The van der Waals surface area contributed by atoms with Crippen LogP contribution in [0.4, 0.5) is 17.1 Å². The van der Waals surface area contributed by atoms with Gasteiger partial charge in [0.05, 0.1) is 24.5 Å². The normalized spacial score (nSPS) is 12.6. The number of nitrogens with zero attached hydrogens (tertiary/aromatic N) is 4. The molecule has 2 aromatic carbocycles. The third-order valence-electron chi connectivity index (χ3n) is 5.35. The number of nitriles is 1. The van der Waals surface area contributed by atoms with E-state index in [1.165, 1.54) is 0 Å². The molecule has 0 atom stereocenters. The first-order valence-corrected chi connectivity index (χ1v) is 10.2. The zero-order valence-corrected chi connectivity index (χ0v) is 18.3. The van der Waals surface area contributed by atoms with Gasteiger partial charge in [0.1, 0.15) is 17.5 Å². The second-order valence-electron chi connectivity index (χ2n) is 7.57. The van der Waals surface area contributed by atoms with Crippen molar-refractivity contribution in [1.29, 1.82) is 5.26 Å². The monoisotopic (exact) mass is 417 g/mol. The summed E-state index contributed by atoms with van der Waals surface area (Å²) in [7, 11) is 5.37. The van der Waals surface area contributed by atoms with Crippen LogP contribution in [0.25, 0.3) is 0 Å². The molecule has 0 aromatic heterocycles. The number of anilines is 3. The lowest BCUT2D eigenvalue weighted by molar-refractivity contribution is -0.119. The molecule has 7 nitrogen and oxygen atoms in total. The van der Waals surface area contributed by atoms with E-state index in [0.717, 1.165) is 29.0 Å². The molecule has 2 aromatic rings. The summed E-state index contributed by atoms with van der Waals surface area (Å²) >= 11 is 0. The molecule has 1 heterocycles. The Bertz CT molecular complexity index is 1040. The van der Waals surface area contributed by atoms with E-state index in [4.69, 9.17) is 0 Å². The molecule has 0 saturated carbocycles. The predicted molar refractivity (Wildman–Crippen MR) is 123 cm³/mol. The van der Waals surface area contributed by atoms with Crippen LogP contribution in [0.3, 0.4) is 0 Å². The van der Waals surface area contributed by atoms with Crippen LogP contribution in [-0.4, -0.2) is 50.8 Å². The Morgan fingerprint density at radius 3 is 2.16 bits per heavy atom. The van der Waals surface area contributed by atoms with Crippen molar-refractivity contribution in [3.05, 3.63) is 65.5 Å². The van der Waals surface area contributed by atoms with Crippen LogP contribution in [0, 0.1) is 11.3 Å². The molecule has 0 bridgehead atoms. The number of para-hydroxylation sites is 3. The molecule has 0 radical (unpaired) electrons. The number of carbonyl (C=O) groups is 2. The Morgan fingerprint density at radius 2 is 1.58 bits per heavy atom. The maximum Gasteiger partial charge on any atom is 0.238 e. The molecule has 1 N–H and O–H groups in total. The van der Waals surface area contributed by atoms with Crippen molar-refractivity contribution in [2.45, 2.75) is 13.3 Å². The molecule has 0 aliphatic carbocycles.